The molecule has 258 valence electrons. The summed E-state index contributed by atoms with van der Waals surface area (Å²) in [5.41, 5.74) is 5.60. The Balaban J connectivity index is 3.25. The van der Waals surface area contributed by atoms with E-state index in [1.807, 2.05) is 32.0 Å². The number of carbonyl (C=O) groups excluding carboxylic acids is 3. The minimum absolute atomic E-state index is 0.0171. The first-order valence-electron chi connectivity index (χ1n) is 16.0. The molecule has 0 spiro atoms. The van der Waals surface area contributed by atoms with Crippen LogP contribution in [0.3, 0.4) is 0 Å². The molecule has 0 aliphatic heterocycles. The van der Waals surface area contributed by atoms with Crippen LogP contribution in [0, 0.1) is 23.7 Å². The van der Waals surface area contributed by atoms with E-state index in [0.717, 1.165) is 12.0 Å². The number of rotatable bonds is 20. The van der Waals surface area contributed by atoms with E-state index in [0.29, 0.717) is 37.6 Å². The van der Waals surface area contributed by atoms with Crippen molar-refractivity contribution in [2.75, 3.05) is 27.4 Å². The van der Waals surface area contributed by atoms with Crippen LogP contribution in [-0.2, 0) is 25.5 Å². The molecule has 0 aliphatic carbocycles. The summed E-state index contributed by atoms with van der Waals surface area (Å²) in [6, 6.07) is 4.73. The number of aliphatic hydroxyl groups excluding tert-OH is 1. The molecule has 0 saturated heterocycles. The van der Waals surface area contributed by atoms with Gasteiger partial charge in [-0.25, -0.2) is 4.79 Å². The lowest BCUT2D eigenvalue weighted by molar-refractivity contribution is -0.128. The topological polar surface area (TPSA) is 158 Å². The number of carbonyl (C=O) groups is 3. The first kappa shape index (κ1) is 40.0. The minimum Gasteiger partial charge on any atom is -0.493 e. The first-order chi connectivity index (χ1) is 21.0. The van der Waals surface area contributed by atoms with E-state index < -0.39 is 41.7 Å². The third-order valence-electron chi connectivity index (χ3n) is 7.68. The highest BCUT2D eigenvalue weighted by molar-refractivity contribution is 5.80. The molecular weight excluding hydrogens is 578 g/mol. The SMILES string of the molecule is COCCCOc1cc(C[C@@H](C[C@H](NC(=O)OC(C)(C)C)[C@@H](O)C[C@H](C(=O)N[C@@H](C)CC(N)=O)C(C)C)C(C)C)ccc1OC. The highest BCUT2D eigenvalue weighted by Gasteiger charge is 2.33. The van der Waals surface area contributed by atoms with E-state index in [-0.39, 0.29) is 36.5 Å². The smallest absolute Gasteiger partial charge is 0.407 e. The van der Waals surface area contributed by atoms with Crippen LogP contribution < -0.4 is 25.8 Å². The van der Waals surface area contributed by atoms with E-state index in [4.69, 9.17) is 24.7 Å². The zero-order valence-electron chi connectivity index (χ0n) is 29.1. The van der Waals surface area contributed by atoms with Crippen molar-refractivity contribution < 1.29 is 38.4 Å². The van der Waals surface area contributed by atoms with Crippen LogP contribution in [0.15, 0.2) is 18.2 Å². The number of nitrogens with two attached hydrogens (primary N) is 1. The Morgan fingerprint density at radius 3 is 2.13 bits per heavy atom. The van der Waals surface area contributed by atoms with Gasteiger partial charge in [0.25, 0.3) is 0 Å². The van der Waals surface area contributed by atoms with Crippen LogP contribution >= 0.6 is 0 Å². The van der Waals surface area contributed by atoms with Gasteiger partial charge >= 0.3 is 6.09 Å². The summed E-state index contributed by atoms with van der Waals surface area (Å²) in [5.74, 6) is 0.0924. The Morgan fingerprint density at radius 1 is 0.933 bits per heavy atom. The summed E-state index contributed by atoms with van der Waals surface area (Å²) in [4.78, 5) is 37.5. The summed E-state index contributed by atoms with van der Waals surface area (Å²) in [7, 11) is 3.26. The van der Waals surface area contributed by atoms with Crippen molar-refractivity contribution in [3.63, 3.8) is 0 Å². The zero-order valence-corrected chi connectivity index (χ0v) is 29.1. The molecule has 11 heteroatoms. The van der Waals surface area contributed by atoms with Gasteiger partial charge in [-0.15, -0.1) is 0 Å². The average molecular weight is 638 g/mol. The summed E-state index contributed by atoms with van der Waals surface area (Å²) in [6.45, 7) is 16.2. The fourth-order valence-corrected chi connectivity index (χ4v) is 5.15. The molecule has 5 N–H and O–H groups in total. The monoisotopic (exact) mass is 637 g/mol. The van der Waals surface area contributed by atoms with Crippen molar-refractivity contribution in [1.29, 1.82) is 0 Å². The third-order valence-corrected chi connectivity index (χ3v) is 7.68. The Labute approximate surface area is 270 Å². The number of aliphatic hydroxyl groups is 1. The lowest BCUT2D eigenvalue weighted by Crippen LogP contribution is -2.49. The average Bonchev–Trinajstić information content (AvgIpc) is 2.91. The maximum absolute atomic E-state index is 13.2. The zero-order chi connectivity index (χ0) is 34.3. The Bertz CT molecular complexity index is 1060. The second-order valence-corrected chi connectivity index (χ2v) is 13.6. The Hall–Kier alpha value is -3.05. The number of methoxy groups -OCH3 is 2. The normalized spacial score (nSPS) is 15.1. The fourth-order valence-electron chi connectivity index (χ4n) is 5.15. The number of ether oxygens (including phenoxy) is 4. The second kappa shape index (κ2) is 19.5. The van der Waals surface area contributed by atoms with Gasteiger partial charge in [0.05, 0.1) is 25.9 Å². The van der Waals surface area contributed by atoms with Gasteiger partial charge in [0.1, 0.15) is 5.60 Å². The van der Waals surface area contributed by atoms with Gasteiger partial charge < -0.3 is 40.4 Å². The molecule has 5 atom stereocenters. The van der Waals surface area contributed by atoms with Crippen molar-refractivity contribution in [2.45, 2.75) is 111 Å². The minimum atomic E-state index is -1.04. The maximum Gasteiger partial charge on any atom is 0.407 e. The molecule has 0 heterocycles. The molecule has 0 fully saturated rings. The van der Waals surface area contributed by atoms with E-state index in [1.165, 1.54) is 0 Å². The van der Waals surface area contributed by atoms with Crippen molar-refractivity contribution in [2.24, 2.45) is 29.4 Å². The number of alkyl carbamates (subject to hydrolysis) is 1. The van der Waals surface area contributed by atoms with Crippen molar-refractivity contribution >= 4 is 17.9 Å². The third kappa shape index (κ3) is 15.7. The van der Waals surface area contributed by atoms with E-state index in [2.05, 4.69) is 24.5 Å². The number of hydrogen-bond acceptors (Lipinski definition) is 8. The molecule has 0 bridgehead atoms. The number of amides is 3. The predicted octanol–water partition coefficient (Wildman–Crippen LogP) is 4.61. The van der Waals surface area contributed by atoms with Crippen LogP contribution in [0.2, 0.25) is 0 Å². The van der Waals surface area contributed by atoms with Gasteiger partial charge in [0.2, 0.25) is 11.8 Å². The molecule has 11 nitrogen and oxygen atoms in total. The molecular formula is C34H59N3O8. The fraction of sp³-hybridized carbons (Fsp3) is 0.735. The largest absolute Gasteiger partial charge is 0.493 e. The first-order valence-corrected chi connectivity index (χ1v) is 16.0. The number of primary amides is 1. The molecule has 45 heavy (non-hydrogen) atoms. The quantitative estimate of drug-likeness (QED) is 0.151. The number of benzene rings is 1. The molecule has 1 aromatic carbocycles. The second-order valence-electron chi connectivity index (χ2n) is 13.6. The van der Waals surface area contributed by atoms with E-state index >= 15 is 0 Å². The van der Waals surface area contributed by atoms with E-state index in [1.54, 1.807) is 41.9 Å². The molecule has 0 aromatic heterocycles. The van der Waals surface area contributed by atoms with Crippen molar-refractivity contribution in [1.82, 2.24) is 10.6 Å². The molecule has 1 aromatic rings. The highest BCUT2D eigenvalue weighted by Crippen LogP contribution is 2.32. The standard InChI is InChI=1S/C34H59N3O8/c1-21(2)25(17-24-12-13-29(43-10)30(18-24)44-15-11-14-42-9)19-27(37-33(41)45-34(6,7)8)28(38)20-26(22(3)4)32(40)36-23(5)16-31(35)39/h12-13,18,21-23,25-28,38H,11,14-17,19-20H2,1-10H3,(H2,35,39)(H,36,40)(H,37,41)/t23-,25-,26-,27-,28-/m0/s1. The molecule has 1 rings (SSSR count). The van der Waals surface area contributed by atoms with Crippen LogP contribution in [0.1, 0.15) is 86.6 Å². The molecule has 0 radical (unpaired) electrons. The van der Waals surface area contributed by atoms with Crippen molar-refractivity contribution in [3.05, 3.63) is 23.8 Å². The van der Waals surface area contributed by atoms with Crippen LogP contribution in [0.4, 0.5) is 4.79 Å². The highest BCUT2D eigenvalue weighted by atomic mass is 16.6. The lowest BCUT2D eigenvalue weighted by atomic mass is 9.80. The molecule has 0 unspecified atom stereocenters. The van der Waals surface area contributed by atoms with Crippen LogP contribution in [0.5, 0.6) is 11.5 Å². The van der Waals surface area contributed by atoms with Gasteiger partial charge in [-0.3, -0.25) is 9.59 Å². The molecule has 0 aliphatic rings. The maximum atomic E-state index is 13.2. The van der Waals surface area contributed by atoms with Crippen LogP contribution in [0.25, 0.3) is 0 Å². The summed E-state index contributed by atoms with van der Waals surface area (Å²) in [6.07, 6.45) is 0.300. The lowest BCUT2D eigenvalue weighted by Gasteiger charge is -2.33. The molecule has 0 saturated carbocycles. The van der Waals surface area contributed by atoms with Gasteiger partial charge in [-0.2, -0.15) is 0 Å². The van der Waals surface area contributed by atoms with Gasteiger partial charge in [-0.1, -0.05) is 33.8 Å². The van der Waals surface area contributed by atoms with Gasteiger partial charge in [-0.05, 0) is 82.4 Å². The number of hydrogen-bond donors (Lipinski definition) is 4. The molecule has 3 amide bonds. The summed E-state index contributed by atoms with van der Waals surface area (Å²) < 4.78 is 22.1. The summed E-state index contributed by atoms with van der Waals surface area (Å²) >= 11 is 0. The van der Waals surface area contributed by atoms with Gasteiger partial charge in [0, 0.05) is 38.5 Å². The predicted molar refractivity (Wildman–Crippen MR) is 175 cm³/mol. The van der Waals surface area contributed by atoms with Crippen molar-refractivity contribution in [3.8, 4) is 11.5 Å². The summed E-state index contributed by atoms with van der Waals surface area (Å²) in [5, 5.41) is 17.3. The van der Waals surface area contributed by atoms with Gasteiger partial charge in [0.15, 0.2) is 11.5 Å². The van der Waals surface area contributed by atoms with E-state index in [9.17, 15) is 19.5 Å². The van der Waals surface area contributed by atoms with Crippen LogP contribution in [-0.4, -0.2) is 74.2 Å². The number of nitrogens with one attached hydrogen (secondary N) is 2. The Morgan fingerprint density at radius 2 is 1.60 bits per heavy atom. The Kier molecular flexibility index (Phi) is 17.3.